The molecule has 3 nitrogen and oxygen atoms in total. The van der Waals surface area contributed by atoms with Gasteiger partial charge in [0.2, 0.25) is 0 Å². The van der Waals surface area contributed by atoms with Gasteiger partial charge in [-0.1, -0.05) is 30.3 Å². The van der Waals surface area contributed by atoms with Crippen LogP contribution in [0.25, 0.3) is 0 Å². The minimum Gasteiger partial charge on any atom is -0.496 e. The summed E-state index contributed by atoms with van der Waals surface area (Å²) in [6.07, 6.45) is 0. The minimum atomic E-state index is 0.650. The summed E-state index contributed by atoms with van der Waals surface area (Å²) in [4.78, 5) is 0. The highest BCUT2D eigenvalue weighted by molar-refractivity contribution is 5.42. The fourth-order valence-corrected chi connectivity index (χ4v) is 1.92. The van der Waals surface area contributed by atoms with Gasteiger partial charge in [-0.3, -0.25) is 0 Å². The Morgan fingerprint density at radius 1 is 1.11 bits per heavy atom. The van der Waals surface area contributed by atoms with Crippen molar-refractivity contribution in [2.24, 2.45) is 0 Å². The Balaban J connectivity index is 2.01. The first kappa shape index (κ1) is 13.1. The van der Waals surface area contributed by atoms with Crippen molar-refractivity contribution < 1.29 is 4.74 Å². The number of benzene rings is 2. The van der Waals surface area contributed by atoms with E-state index in [0.717, 1.165) is 17.9 Å². The number of ether oxygens (including phenoxy) is 1. The van der Waals surface area contributed by atoms with Crippen LogP contribution in [0.15, 0.2) is 48.5 Å². The third-order valence-corrected chi connectivity index (χ3v) is 2.90. The highest BCUT2D eigenvalue weighted by atomic mass is 16.5. The van der Waals surface area contributed by atoms with Gasteiger partial charge >= 0.3 is 0 Å². The minimum absolute atomic E-state index is 0.650. The molecule has 0 fully saturated rings. The topological polar surface area (TPSA) is 45.0 Å². The van der Waals surface area contributed by atoms with Crippen molar-refractivity contribution in [3.63, 3.8) is 0 Å². The number of nitrogens with zero attached hydrogens (tertiary/aromatic N) is 1. The molecule has 0 saturated carbocycles. The molecule has 0 aromatic heterocycles. The Kier molecular flexibility index (Phi) is 4.54. The van der Waals surface area contributed by atoms with Crippen LogP contribution in [0.1, 0.15) is 16.7 Å². The highest BCUT2D eigenvalue weighted by Crippen LogP contribution is 2.19. The van der Waals surface area contributed by atoms with Gasteiger partial charge in [0.25, 0.3) is 0 Å². The number of hydrogen-bond acceptors (Lipinski definition) is 3. The van der Waals surface area contributed by atoms with Crippen LogP contribution in [0, 0.1) is 11.3 Å². The molecule has 0 radical (unpaired) electrons. The molecule has 0 atom stereocenters. The number of hydrogen-bond donors (Lipinski definition) is 1. The van der Waals surface area contributed by atoms with Gasteiger partial charge in [0.1, 0.15) is 5.75 Å². The molecule has 19 heavy (non-hydrogen) atoms. The summed E-state index contributed by atoms with van der Waals surface area (Å²) in [6.45, 7) is 1.47. The van der Waals surface area contributed by atoms with Gasteiger partial charge in [-0.2, -0.15) is 5.26 Å². The summed E-state index contributed by atoms with van der Waals surface area (Å²) >= 11 is 0. The zero-order valence-electron chi connectivity index (χ0n) is 10.9. The van der Waals surface area contributed by atoms with Crippen molar-refractivity contribution >= 4 is 0 Å². The van der Waals surface area contributed by atoms with Gasteiger partial charge in [0.05, 0.1) is 18.7 Å². The lowest BCUT2D eigenvalue weighted by atomic mass is 10.1. The molecule has 1 N–H and O–H groups in total. The summed E-state index contributed by atoms with van der Waals surface area (Å²) in [5.41, 5.74) is 2.88. The van der Waals surface area contributed by atoms with Crippen molar-refractivity contribution in [3.05, 3.63) is 65.2 Å². The van der Waals surface area contributed by atoms with E-state index in [1.54, 1.807) is 13.2 Å². The van der Waals surface area contributed by atoms with Gasteiger partial charge in [0, 0.05) is 18.7 Å². The lowest BCUT2D eigenvalue weighted by Crippen LogP contribution is -2.13. The first-order valence-corrected chi connectivity index (χ1v) is 6.15. The molecule has 0 aliphatic rings. The standard InChI is InChI=1S/C16H16N2O/c1-19-16-8-7-14(10-17)9-15(16)12-18-11-13-5-3-2-4-6-13/h2-9,18H,11-12H2,1H3. The first-order chi connectivity index (χ1) is 9.33. The van der Waals surface area contributed by atoms with Crippen molar-refractivity contribution in [2.75, 3.05) is 7.11 Å². The number of nitriles is 1. The number of rotatable bonds is 5. The van der Waals surface area contributed by atoms with Crippen LogP contribution in [0.4, 0.5) is 0 Å². The van der Waals surface area contributed by atoms with E-state index in [2.05, 4.69) is 23.5 Å². The van der Waals surface area contributed by atoms with Crippen LogP contribution in [0.5, 0.6) is 5.75 Å². The van der Waals surface area contributed by atoms with Crippen molar-refractivity contribution in [1.82, 2.24) is 5.32 Å². The second-order valence-corrected chi connectivity index (χ2v) is 4.23. The average molecular weight is 252 g/mol. The van der Waals surface area contributed by atoms with E-state index in [-0.39, 0.29) is 0 Å². The predicted octanol–water partition coefficient (Wildman–Crippen LogP) is 2.86. The van der Waals surface area contributed by atoms with Crippen LogP contribution in [-0.2, 0) is 13.1 Å². The average Bonchev–Trinajstić information content (AvgIpc) is 2.48. The largest absolute Gasteiger partial charge is 0.496 e. The molecule has 2 aromatic rings. The Hall–Kier alpha value is -2.31. The monoisotopic (exact) mass is 252 g/mol. The number of nitrogens with one attached hydrogen (secondary N) is 1. The zero-order chi connectivity index (χ0) is 13.5. The molecular formula is C16H16N2O. The van der Waals surface area contributed by atoms with Crippen LogP contribution in [0.2, 0.25) is 0 Å². The fourth-order valence-electron chi connectivity index (χ4n) is 1.92. The lowest BCUT2D eigenvalue weighted by molar-refractivity contribution is 0.407. The Morgan fingerprint density at radius 3 is 2.58 bits per heavy atom. The van der Waals surface area contributed by atoms with E-state index in [0.29, 0.717) is 12.1 Å². The molecule has 2 aromatic carbocycles. The fraction of sp³-hybridized carbons (Fsp3) is 0.188. The van der Waals surface area contributed by atoms with Crippen LogP contribution in [0.3, 0.4) is 0 Å². The number of methoxy groups -OCH3 is 1. The van der Waals surface area contributed by atoms with Crippen molar-refractivity contribution in [3.8, 4) is 11.8 Å². The van der Waals surface area contributed by atoms with E-state index in [9.17, 15) is 0 Å². The maximum atomic E-state index is 8.92. The first-order valence-electron chi connectivity index (χ1n) is 6.15. The Morgan fingerprint density at radius 2 is 1.89 bits per heavy atom. The lowest BCUT2D eigenvalue weighted by Gasteiger charge is -2.10. The highest BCUT2D eigenvalue weighted by Gasteiger charge is 2.04. The Bertz CT molecular complexity index is 573. The van der Waals surface area contributed by atoms with E-state index < -0.39 is 0 Å². The molecule has 0 unspecified atom stereocenters. The third-order valence-electron chi connectivity index (χ3n) is 2.90. The molecule has 0 aliphatic carbocycles. The van der Waals surface area contributed by atoms with E-state index in [1.165, 1.54) is 5.56 Å². The van der Waals surface area contributed by atoms with Gasteiger partial charge in [-0.15, -0.1) is 0 Å². The second kappa shape index (κ2) is 6.58. The summed E-state index contributed by atoms with van der Waals surface area (Å²) in [6, 6.07) is 17.8. The smallest absolute Gasteiger partial charge is 0.123 e. The molecule has 0 amide bonds. The molecule has 96 valence electrons. The summed E-state index contributed by atoms with van der Waals surface area (Å²) in [5, 5.41) is 12.3. The molecule has 0 aliphatic heterocycles. The van der Waals surface area contributed by atoms with E-state index >= 15 is 0 Å². The van der Waals surface area contributed by atoms with Gasteiger partial charge in [-0.25, -0.2) is 0 Å². The van der Waals surface area contributed by atoms with Crippen molar-refractivity contribution in [1.29, 1.82) is 5.26 Å². The molecule has 0 heterocycles. The molecule has 0 spiro atoms. The summed E-state index contributed by atoms with van der Waals surface area (Å²) in [5.74, 6) is 0.805. The quantitative estimate of drug-likeness (QED) is 0.890. The molecule has 2 rings (SSSR count). The van der Waals surface area contributed by atoms with Crippen LogP contribution >= 0.6 is 0 Å². The molecule has 3 heteroatoms. The molecule has 0 bridgehead atoms. The Labute approximate surface area is 113 Å². The zero-order valence-corrected chi connectivity index (χ0v) is 10.9. The summed E-state index contributed by atoms with van der Waals surface area (Å²) < 4.78 is 5.30. The SMILES string of the molecule is COc1ccc(C#N)cc1CNCc1ccccc1. The van der Waals surface area contributed by atoms with Gasteiger partial charge in [-0.05, 0) is 23.8 Å². The summed E-state index contributed by atoms with van der Waals surface area (Å²) in [7, 11) is 1.64. The third kappa shape index (κ3) is 3.57. The van der Waals surface area contributed by atoms with Crippen molar-refractivity contribution in [2.45, 2.75) is 13.1 Å². The molecular weight excluding hydrogens is 236 g/mol. The van der Waals surface area contributed by atoms with Crippen LogP contribution in [-0.4, -0.2) is 7.11 Å². The maximum Gasteiger partial charge on any atom is 0.123 e. The van der Waals surface area contributed by atoms with Gasteiger partial charge in [0.15, 0.2) is 0 Å². The van der Waals surface area contributed by atoms with Gasteiger partial charge < -0.3 is 10.1 Å². The molecule has 0 saturated heterocycles. The van der Waals surface area contributed by atoms with Crippen LogP contribution < -0.4 is 10.1 Å². The maximum absolute atomic E-state index is 8.92. The normalized spacial score (nSPS) is 9.89. The van der Waals surface area contributed by atoms with E-state index in [4.69, 9.17) is 10.00 Å². The predicted molar refractivity (Wildman–Crippen MR) is 74.7 cm³/mol. The second-order valence-electron chi connectivity index (χ2n) is 4.23. The van der Waals surface area contributed by atoms with E-state index in [1.807, 2.05) is 30.3 Å².